The molecule has 0 heterocycles. The Balaban J connectivity index is 3.36. The van der Waals surface area contributed by atoms with Crippen LogP contribution in [0.2, 0.25) is 0 Å². The summed E-state index contributed by atoms with van der Waals surface area (Å²) in [6, 6.07) is 0. The molecule has 3 nitrogen and oxygen atoms in total. The molecule has 138 valence electrons. The first-order chi connectivity index (χ1) is 11.2. The van der Waals surface area contributed by atoms with Gasteiger partial charge in [0.1, 0.15) is 6.10 Å². The summed E-state index contributed by atoms with van der Waals surface area (Å²) >= 11 is 0. The van der Waals surface area contributed by atoms with Gasteiger partial charge in [-0.3, -0.25) is 0 Å². The summed E-state index contributed by atoms with van der Waals surface area (Å²) in [6.45, 7) is 4.39. The van der Waals surface area contributed by atoms with Gasteiger partial charge in [-0.25, -0.2) is 4.79 Å². The Kier molecular flexibility index (Phi) is 17.1. The molecular weight excluding hydrogens is 288 g/mol. The van der Waals surface area contributed by atoms with Crippen molar-refractivity contribution in [2.24, 2.45) is 0 Å². The lowest BCUT2D eigenvalue weighted by Crippen LogP contribution is -2.16. The Morgan fingerprint density at radius 3 is 1.52 bits per heavy atom. The number of hydrogen-bond donors (Lipinski definition) is 1. The van der Waals surface area contributed by atoms with Crippen molar-refractivity contribution >= 4 is 6.16 Å². The van der Waals surface area contributed by atoms with Gasteiger partial charge in [0.25, 0.3) is 0 Å². The zero-order valence-electron chi connectivity index (χ0n) is 15.7. The van der Waals surface area contributed by atoms with Crippen LogP contribution in [0.1, 0.15) is 117 Å². The van der Waals surface area contributed by atoms with Crippen LogP contribution in [-0.2, 0) is 4.74 Å². The van der Waals surface area contributed by atoms with E-state index < -0.39 is 6.16 Å². The lowest BCUT2D eigenvalue weighted by Gasteiger charge is -2.15. The number of ether oxygens (including phenoxy) is 1. The van der Waals surface area contributed by atoms with E-state index in [0.717, 1.165) is 32.1 Å². The molecule has 3 heteroatoms. The van der Waals surface area contributed by atoms with Crippen molar-refractivity contribution in [3.05, 3.63) is 0 Å². The molecule has 0 rings (SSSR count). The fourth-order valence-corrected chi connectivity index (χ4v) is 3.05. The Hall–Kier alpha value is -0.730. The Bertz CT molecular complexity index is 253. The van der Waals surface area contributed by atoms with Gasteiger partial charge in [-0.2, -0.15) is 0 Å². The quantitative estimate of drug-likeness (QED) is 0.224. The summed E-state index contributed by atoms with van der Waals surface area (Å²) in [5.74, 6) is 0. The monoisotopic (exact) mass is 328 g/mol. The predicted octanol–water partition coefficient (Wildman–Crippen LogP) is 7.33. The van der Waals surface area contributed by atoms with E-state index in [0.29, 0.717) is 0 Å². The summed E-state index contributed by atoms with van der Waals surface area (Å²) in [6.07, 6.45) is 18.7. The highest BCUT2D eigenvalue weighted by molar-refractivity contribution is 5.57. The second-order valence-corrected chi connectivity index (χ2v) is 6.83. The first-order valence-electron chi connectivity index (χ1n) is 10.1. The molecule has 0 radical (unpaired) electrons. The number of carboxylic acid groups (broad SMARTS) is 1. The highest BCUT2D eigenvalue weighted by Crippen LogP contribution is 2.16. The van der Waals surface area contributed by atoms with Crippen LogP contribution in [0.4, 0.5) is 4.79 Å². The summed E-state index contributed by atoms with van der Waals surface area (Å²) in [4.78, 5) is 10.7. The van der Waals surface area contributed by atoms with Crippen molar-refractivity contribution in [1.82, 2.24) is 0 Å². The highest BCUT2D eigenvalue weighted by Gasteiger charge is 2.12. The SMILES string of the molecule is CCCCCCCCCCCCCCC(CCCC)OC(=O)O. The van der Waals surface area contributed by atoms with Crippen molar-refractivity contribution < 1.29 is 14.6 Å². The Morgan fingerprint density at radius 2 is 1.09 bits per heavy atom. The molecule has 1 atom stereocenters. The minimum absolute atomic E-state index is 0.0874. The predicted molar refractivity (Wildman–Crippen MR) is 98.1 cm³/mol. The third-order valence-electron chi connectivity index (χ3n) is 4.53. The Labute approximate surface area is 144 Å². The van der Waals surface area contributed by atoms with Gasteiger partial charge < -0.3 is 9.84 Å². The molecule has 1 unspecified atom stereocenters. The van der Waals surface area contributed by atoms with Crippen LogP contribution in [0.5, 0.6) is 0 Å². The highest BCUT2D eigenvalue weighted by atomic mass is 16.7. The van der Waals surface area contributed by atoms with Crippen molar-refractivity contribution in [3.8, 4) is 0 Å². The third-order valence-corrected chi connectivity index (χ3v) is 4.53. The van der Waals surface area contributed by atoms with E-state index in [9.17, 15) is 4.79 Å². The lowest BCUT2D eigenvalue weighted by molar-refractivity contribution is 0.0424. The first kappa shape index (κ1) is 22.3. The molecule has 0 aliphatic carbocycles. The van der Waals surface area contributed by atoms with Crippen LogP contribution < -0.4 is 0 Å². The normalized spacial score (nSPS) is 12.3. The molecule has 0 fully saturated rings. The summed E-state index contributed by atoms with van der Waals surface area (Å²) < 4.78 is 4.97. The average molecular weight is 329 g/mol. The maximum absolute atomic E-state index is 10.7. The van der Waals surface area contributed by atoms with Crippen LogP contribution in [0.3, 0.4) is 0 Å². The summed E-state index contributed by atoms with van der Waals surface area (Å²) in [5, 5.41) is 8.75. The van der Waals surface area contributed by atoms with E-state index in [1.165, 1.54) is 70.6 Å². The minimum Gasteiger partial charge on any atom is -0.450 e. The second kappa shape index (κ2) is 17.6. The number of rotatable bonds is 17. The van der Waals surface area contributed by atoms with E-state index in [1.54, 1.807) is 0 Å². The molecule has 1 N–H and O–H groups in total. The molecule has 0 aromatic carbocycles. The zero-order chi connectivity index (χ0) is 17.2. The summed E-state index contributed by atoms with van der Waals surface area (Å²) in [5.41, 5.74) is 0. The molecule has 0 saturated carbocycles. The maximum Gasteiger partial charge on any atom is 0.506 e. The smallest absolute Gasteiger partial charge is 0.450 e. The second-order valence-electron chi connectivity index (χ2n) is 6.83. The van der Waals surface area contributed by atoms with Crippen LogP contribution in [-0.4, -0.2) is 17.4 Å². The van der Waals surface area contributed by atoms with Gasteiger partial charge in [0, 0.05) is 0 Å². The van der Waals surface area contributed by atoms with Gasteiger partial charge in [0.05, 0.1) is 0 Å². The molecule has 0 aromatic heterocycles. The molecule has 0 aliphatic heterocycles. The first-order valence-corrected chi connectivity index (χ1v) is 10.1. The average Bonchev–Trinajstić information content (AvgIpc) is 2.52. The molecule has 0 bridgehead atoms. The number of unbranched alkanes of at least 4 members (excludes halogenated alkanes) is 12. The zero-order valence-corrected chi connectivity index (χ0v) is 15.7. The van der Waals surface area contributed by atoms with E-state index in [4.69, 9.17) is 9.84 Å². The molecular formula is C20H40O3. The topological polar surface area (TPSA) is 46.5 Å². The van der Waals surface area contributed by atoms with Gasteiger partial charge in [-0.1, -0.05) is 97.3 Å². The van der Waals surface area contributed by atoms with E-state index >= 15 is 0 Å². The molecule has 23 heavy (non-hydrogen) atoms. The number of carbonyl (C=O) groups is 1. The van der Waals surface area contributed by atoms with Gasteiger partial charge >= 0.3 is 6.16 Å². The molecule has 0 spiro atoms. The van der Waals surface area contributed by atoms with Crippen LogP contribution in [0.25, 0.3) is 0 Å². The molecule has 0 aliphatic rings. The molecule has 0 aromatic rings. The van der Waals surface area contributed by atoms with Crippen molar-refractivity contribution in [1.29, 1.82) is 0 Å². The van der Waals surface area contributed by atoms with Crippen LogP contribution in [0, 0.1) is 0 Å². The summed E-state index contributed by atoms with van der Waals surface area (Å²) in [7, 11) is 0. The largest absolute Gasteiger partial charge is 0.506 e. The van der Waals surface area contributed by atoms with E-state index in [-0.39, 0.29) is 6.10 Å². The van der Waals surface area contributed by atoms with Crippen molar-refractivity contribution in [2.45, 2.75) is 123 Å². The molecule has 0 amide bonds. The standard InChI is InChI=1S/C20H40O3/c1-3-5-7-8-9-10-11-12-13-14-15-16-18-19(17-6-4-2)23-20(21)22/h19H,3-18H2,1-2H3,(H,21,22). The van der Waals surface area contributed by atoms with Gasteiger partial charge in [0.15, 0.2) is 0 Å². The van der Waals surface area contributed by atoms with Gasteiger partial charge in [-0.15, -0.1) is 0 Å². The van der Waals surface area contributed by atoms with Crippen molar-refractivity contribution in [2.75, 3.05) is 0 Å². The minimum atomic E-state index is -1.12. The lowest BCUT2D eigenvalue weighted by atomic mass is 10.0. The van der Waals surface area contributed by atoms with Gasteiger partial charge in [-0.05, 0) is 19.3 Å². The van der Waals surface area contributed by atoms with Crippen molar-refractivity contribution in [3.63, 3.8) is 0 Å². The fourth-order valence-electron chi connectivity index (χ4n) is 3.05. The molecule has 0 saturated heterocycles. The third kappa shape index (κ3) is 17.5. The van der Waals surface area contributed by atoms with E-state index in [1.807, 2.05) is 0 Å². The fraction of sp³-hybridized carbons (Fsp3) is 0.950. The maximum atomic E-state index is 10.7. The van der Waals surface area contributed by atoms with E-state index in [2.05, 4.69) is 13.8 Å². The van der Waals surface area contributed by atoms with Crippen LogP contribution in [0.15, 0.2) is 0 Å². The van der Waals surface area contributed by atoms with Gasteiger partial charge in [0.2, 0.25) is 0 Å². The van der Waals surface area contributed by atoms with Crippen LogP contribution >= 0.6 is 0 Å². The Morgan fingerprint density at radius 1 is 0.696 bits per heavy atom. The number of hydrogen-bond acceptors (Lipinski definition) is 2.